The van der Waals surface area contributed by atoms with Crippen molar-refractivity contribution in [1.29, 1.82) is 0 Å². The van der Waals surface area contributed by atoms with Crippen molar-refractivity contribution in [3.63, 3.8) is 0 Å². The predicted octanol–water partition coefficient (Wildman–Crippen LogP) is 2.50. The lowest BCUT2D eigenvalue weighted by Gasteiger charge is -2.34. The van der Waals surface area contributed by atoms with E-state index in [2.05, 4.69) is 10.2 Å². The second kappa shape index (κ2) is 5.71. The van der Waals surface area contributed by atoms with Gasteiger partial charge in [0.15, 0.2) is 0 Å². The molecule has 2 heterocycles. The molecule has 98 valence electrons. The first kappa shape index (κ1) is 12.0. The summed E-state index contributed by atoms with van der Waals surface area (Å²) in [6.45, 7) is 6.74. The topological polar surface area (TPSA) is 15.3 Å². The lowest BCUT2D eigenvalue weighted by atomic mass is 9.83. The highest BCUT2D eigenvalue weighted by Gasteiger charge is 2.28. The highest BCUT2D eigenvalue weighted by Crippen LogP contribution is 2.33. The molecule has 1 aliphatic carbocycles. The molecule has 1 N–H and O–H groups in total. The number of nitrogens with one attached hydrogen (secondary N) is 1. The Morgan fingerprint density at radius 3 is 2.06 bits per heavy atom. The van der Waals surface area contributed by atoms with Gasteiger partial charge in [0, 0.05) is 6.54 Å². The maximum Gasteiger partial charge on any atom is 0.000966 e. The van der Waals surface area contributed by atoms with E-state index < -0.39 is 0 Å². The van der Waals surface area contributed by atoms with Crippen molar-refractivity contribution in [3.8, 4) is 0 Å². The van der Waals surface area contributed by atoms with Gasteiger partial charge in [-0.3, -0.25) is 0 Å². The van der Waals surface area contributed by atoms with Gasteiger partial charge < -0.3 is 10.2 Å². The SMILES string of the molecule is C1CC(CC2CCN(CC3CC3)CC2)CCN1. The average Bonchev–Trinajstić information content (AvgIpc) is 3.17. The van der Waals surface area contributed by atoms with Crippen molar-refractivity contribution < 1.29 is 0 Å². The number of piperidine rings is 2. The van der Waals surface area contributed by atoms with Crippen LogP contribution < -0.4 is 5.32 Å². The molecule has 0 aromatic rings. The van der Waals surface area contributed by atoms with Crippen molar-refractivity contribution in [3.05, 3.63) is 0 Å². The summed E-state index contributed by atoms with van der Waals surface area (Å²) in [5.74, 6) is 3.17. The Labute approximate surface area is 106 Å². The van der Waals surface area contributed by atoms with Crippen molar-refractivity contribution in [1.82, 2.24) is 10.2 Å². The van der Waals surface area contributed by atoms with Crippen LogP contribution in [-0.2, 0) is 0 Å². The number of nitrogens with zero attached hydrogens (tertiary/aromatic N) is 1. The third-order valence-electron chi connectivity index (χ3n) is 5.05. The van der Waals surface area contributed by atoms with Crippen LogP contribution >= 0.6 is 0 Å². The van der Waals surface area contributed by atoms with Crippen LogP contribution in [0.3, 0.4) is 0 Å². The molecule has 0 amide bonds. The number of likely N-dealkylation sites (tertiary alicyclic amines) is 1. The summed E-state index contributed by atoms with van der Waals surface area (Å²) in [5.41, 5.74) is 0. The molecule has 0 bridgehead atoms. The highest BCUT2D eigenvalue weighted by atomic mass is 15.1. The van der Waals surface area contributed by atoms with Gasteiger partial charge in [0.2, 0.25) is 0 Å². The fourth-order valence-corrected chi connectivity index (χ4v) is 3.66. The molecule has 2 saturated heterocycles. The van der Waals surface area contributed by atoms with Crippen LogP contribution in [0.4, 0.5) is 0 Å². The fraction of sp³-hybridized carbons (Fsp3) is 1.00. The van der Waals surface area contributed by atoms with Gasteiger partial charge in [0.25, 0.3) is 0 Å². The zero-order chi connectivity index (χ0) is 11.5. The van der Waals surface area contributed by atoms with Gasteiger partial charge in [0.05, 0.1) is 0 Å². The Morgan fingerprint density at radius 2 is 1.41 bits per heavy atom. The van der Waals surface area contributed by atoms with E-state index in [1.807, 2.05) is 0 Å². The number of rotatable bonds is 4. The summed E-state index contributed by atoms with van der Waals surface area (Å²) in [7, 11) is 0. The van der Waals surface area contributed by atoms with Crippen molar-refractivity contribution >= 4 is 0 Å². The minimum atomic E-state index is 1.04. The van der Waals surface area contributed by atoms with E-state index in [0.717, 1.165) is 17.8 Å². The Bertz CT molecular complexity index is 223. The monoisotopic (exact) mass is 236 g/mol. The van der Waals surface area contributed by atoms with E-state index in [0.29, 0.717) is 0 Å². The van der Waals surface area contributed by atoms with Crippen molar-refractivity contribution in [2.24, 2.45) is 17.8 Å². The molecule has 2 nitrogen and oxygen atoms in total. The van der Waals surface area contributed by atoms with Gasteiger partial charge in [-0.2, -0.15) is 0 Å². The first-order valence-electron chi connectivity index (χ1n) is 7.83. The lowest BCUT2D eigenvalue weighted by molar-refractivity contribution is 0.155. The van der Waals surface area contributed by atoms with Gasteiger partial charge in [-0.05, 0) is 88.9 Å². The summed E-state index contributed by atoms with van der Waals surface area (Å²) in [6, 6.07) is 0. The largest absolute Gasteiger partial charge is 0.317 e. The first-order chi connectivity index (χ1) is 8.40. The normalized spacial score (nSPS) is 29.6. The smallest absolute Gasteiger partial charge is 0.000966 e. The second-order valence-corrected chi connectivity index (χ2v) is 6.62. The molecule has 0 aromatic carbocycles. The maximum atomic E-state index is 3.48. The van der Waals surface area contributed by atoms with Crippen LogP contribution in [0.1, 0.15) is 44.9 Å². The van der Waals surface area contributed by atoms with Crippen molar-refractivity contribution in [2.45, 2.75) is 44.9 Å². The van der Waals surface area contributed by atoms with Crippen LogP contribution in [-0.4, -0.2) is 37.6 Å². The highest BCUT2D eigenvalue weighted by molar-refractivity contribution is 4.81. The third-order valence-corrected chi connectivity index (χ3v) is 5.05. The Kier molecular flexibility index (Phi) is 4.02. The molecule has 1 saturated carbocycles. The van der Waals surface area contributed by atoms with E-state index in [-0.39, 0.29) is 0 Å². The fourth-order valence-electron chi connectivity index (χ4n) is 3.66. The van der Waals surface area contributed by atoms with Crippen LogP contribution in [0.15, 0.2) is 0 Å². The molecule has 0 spiro atoms. The molecule has 17 heavy (non-hydrogen) atoms. The second-order valence-electron chi connectivity index (χ2n) is 6.62. The van der Waals surface area contributed by atoms with E-state index in [4.69, 9.17) is 0 Å². The van der Waals surface area contributed by atoms with Crippen LogP contribution in [0.5, 0.6) is 0 Å². The van der Waals surface area contributed by atoms with E-state index in [1.54, 1.807) is 0 Å². The quantitative estimate of drug-likeness (QED) is 0.807. The van der Waals surface area contributed by atoms with Gasteiger partial charge in [-0.1, -0.05) is 0 Å². The Hall–Kier alpha value is -0.0800. The third kappa shape index (κ3) is 3.69. The van der Waals surface area contributed by atoms with E-state index in [9.17, 15) is 0 Å². The molecule has 2 heteroatoms. The minimum absolute atomic E-state index is 1.04. The molecule has 0 radical (unpaired) electrons. The Morgan fingerprint density at radius 1 is 0.765 bits per heavy atom. The lowest BCUT2D eigenvalue weighted by Crippen LogP contribution is -2.36. The standard InChI is InChI=1S/C15H28N2/c1-2-15(1)12-17-9-5-14(6-10-17)11-13-3-7-16-8-4-13/h13-16H,1-12H2. The predicted molar refractivity (Wildman–Crippen MR) is 72.1 cm³/mol. The molecule has 3 fully saturated rings. The summed E-state index contributed by atoms with van der Waals surface area (Å²) >= 11 is 0. The molecule has 3 aliphatic rings. The minimum Gasteiger partial charge on any atom is -0.317 e. The van der Waals surface area contributed by atoms with Gasteiger partial charge in [-0.15, -0.1) is 0 Å². The molecule has 3 rings (SSSR count). The average molecular weight is 236 g/mol. The summed E-state index contributed by atoms with van der Waals surface area (Å²) in [5, 5.41) is 3.48. The maximum absolute atomic E-state index is 3.48. The molecular weight excluding hydrogens is 208 g/mol. The molecule has 0 unspecified atom stereocenters. The number of hydrogen-bond donors (Lipinski definition) is 1. The van der Waals surface area contributed by atoms with E-state index >= 15 is 0 Å². The molecular formula is C15H28N2. The zero-order valence-electron chi connectivity index (χ0n) is 11.2. The van der Waals surface area contributed by atoms with Gasteiger partial charge in [0.1, 0.15) is 0 Å². The Balaban J connectivity index is 1.35. The van der Waals surface area contributed by atoms with Crippen LogP contribution in [0.2, 0.25) is 0 Å². The number of hydrogen-bond acceptors (Lipinski definition) is 2. The molecule has 0 atom stereocenters. The van der Waals surface area contributed by atoms with Crippen LogP contribution in [0, 0.1) is 17.8 Å². The summed E-state index contributed by atoms with van der Waals surface area (Å²) in [4.78, 5) is 2.73. The summed E-state index contributed by atoms with van der Waals surface area (Å²) in [6.07, 6.45) is 10.4. The molecule has 0 aromatic heterocycles. The van der Waals surface area contributed by atoms with Crippen LogP contribution in [0.25, 0.3) is 0 Å². The first-order valence-corrected chi connectivity index (χ1v) is 7.83. The van der Waals surface area contributed by atoms with Gasteiger partial charge >= 0.3 is 0 Å². The van der Waals surface area contributed by atoms with Gasteiger partial charge in [-0.25, -0.2) is 0 Å². The van der Waals surface area contributed by atoms with Crippen molar-refractivity contribution in [2.75, 3.05) is 32.7 Å². The summed E-state index contributed by atoms with van der Waals surface area (Å²) < 4.78 is 0. The van der Waals surface area contributed by atoms with E-state index in [1.165, 1.54) is 77.7 Å². The molecule has 2 aliphatic heterocycles. The zero-order valence-corrected chi connectivity index (χ0v) is 11.2.